The van der Waals surface area contributed by atoms with E-state index in [1.807, 2.05) is 12.3 Å². The number of hydrogen-bond acceptors (Lipinski definition) is 4. The van der Waals surface area contributed by atoms with Crippen molar-refractivity contribution in [2.75, 3.05) is 6.54 Å². The molecule has 1 aromatic heterocycles. The number of carboxylic acid groups (broad SMARTS) is 1. The normalized spacial score (nSPS) is 10.3. The highest BCUT2D eigenvalue weighted by Gasteiger charge is 2.03. The summed E-state index contributed by atoms with van der Waals surface area (Å²) in [5.74, 6) is -0.832. The van der Waals surface area contributed by atoms with Gasteiger partial charge in [-0.25, -0.2) is 4.98 Å². The summed E-state index contributed by atoms with van der Waals surface area (Å²) in [6.07, 6.45) is 2.43. The van der Waals surface area contributed by atoms with Gasteiger partial charge in [-0.1, -0.05) is 0 Å². The molecule has 0 unspecified atom stereocenters. The third-order valence-electron chi connectivity index (χ3n) is 2.41. The number of nitrogens with zero attached hydrogens (tertiary/aromatic N) is 1. The predicted molar refractivity (Wildman–Crippen MR) is 69.7 cm³/mol. The second-order valence-corrected chi connectivity index (χ2v) is 5.12. The van der Waals surface area contributed by atoms with E-state index in [1.165, 1.54) is 0 Å². The van der Waals surface area contributed by atoms with Gasteiger partial charge in [0.05, 0.1) is 10.7 Å². The summed E-state index contributed by atoms with van der Waals surface area (Å²) in [4.78, 5) is 26.0. The molecule has 5 nitrogen and oxygen atoms in total. The van der Waals surface area contributed by atoms with Gasteiger partial charge in [0.15, 0.2) is 0 Å². The van der Waals surface area contributed by atoms with Gasteiger partial charge in [0.2, 0.25) is 5.91 Å². The maximum Gasteiger partial charge on any atom is 0.303 e. The van der Waals surface area contributed by atoms with Crippen LogP contribution in [0.2, 0.25) is 0 Å². The fraction of sp³-hybridized carbons (Fsp3) is 0.583. The van der Waals surface area contributed by atoms with E-state index in [0.29, 0.717) is 25.8 Å². The molecule has 0 aliphatic carbocycles. The summed E-state index contributed by atoms with van der Waals surface area (Å²) in [5, 5.41) is 14.3. The van der Waals surface area contributed by atoms with Crippen molar-refractivity contribution in [1.29, 1.82) is 0 Å². The molecule has 100 valence electrons. The van der Waals surface area contributed by atoms with E-state index in [2.05, 4.69) is 10.3 Å². The SMILES string of the molecule is Cc1nc(CCNC(=O)CCCCC(=O)O)cs1. The number of carboxylic acids is 1. The summed E-state index contributed by atoms with van der Waals surface area (Å²) in [7, 11) is 0. The van der Waals surface area contributed by atoms with Crippen molar-refractivity contribution in [3.05, 3.63) is 16.1 Å². The molecular formula is C12H18N2O3S. The Bertz CT molecular complexity index is 404. The zero-order chi connectivity index (χ0) is 13.4. The lowest BCUT2D eigenvalue weighted by atomic mass is 10.2. The van der Waals surface area contributed by atoms with Crippen LogP contribution in [-0.4, -0.2) is 28.5 Å². The van der Waals surface area contributed by atoms with Crippen LogP contribution in [0, 0.1) is 6.92 Å². The summed E-state index contributed by atoms with van der Waals surface area (Å²) in [6, 6.07) is 0. The van der Waals surface area contributed by atoms with Crippen molar-refractivity contribution < 1.29 is 14.7 Å². The van der Waals surface area contributed by atoms with E-state index in [-0.39, 0.29) is 12.3 Å². The first-order chi connectivity index (χ1) is 8.58. The summed E-state index contributed by atoms with van der Waals surface area (Å²) < 4.78 is 0. The number of carbonyl (C=O) groups excluding carboxylic acids is 1. The molecule has 18 heavy (non-hydrogen) atoms. The van der Waals surface area contributed by atoms with E-state index >= 15 is 0 Å². The quantitative estimate of drug-likeness (QED) is 0.705. The summed E-state index contributed by atoms with van der Waals surface area (Å²) >= 11 is 1.60. The van der Waals surface area contributed by atoms with Crippen LogP contribution in [0.5, 0.6) is 0 Å². The lowest BCUT2D eigenvalue weighted by Crippen LogP contribution is -2.25. The minimum absolute atomic E-state index is 0.0210. The van der Waals surface area contributed by atoms with E-state index < -0.39 is 5.97 Å². The highest BCUT2D eigenvalue weighted by atomic mass is 32.1. The molecule has 0 aliphatic heterocycles. The minimum Gasteiger partial charge on any atom is -0.481 e. The van der Waals surface area contributed by atoms with Crippen molar-refractivity contribution in [3.63, 3.8) is 0 Å². The fourth-order valence-electron chi connectivity index (χ4n) is 1.50. The molecule has 0 aliphatic rings. The van der Waals surface area contributed by atoms with Crippen LogP contribution in [0.1, 0.15) is 36.4 Å². The molecule has 1 amide bonds. The van der Waals surface area contributed by atoms with E-state index in [4.69, 9.17) is 5.11 Å². The first-order valence-electron chi connectivity index (χ1n) is 5.97. The number of hydrogen-bond donors (Lipinski definition) is 2. The number of thiazole rings is 1. The molecule has 1 heterocycles. The van der Waals surface area contributed by atoms with Crippen LogP contribution in [0.15, 0.2) is 5.38 Å². The molecular weight excluding hydrogens is 252 g/mol. The predicted octanol–water partition coefficient (Wildman–Crippen LogP) is 1.76. The zero-order valence-electron chi connectivity index (χ0n) is 10.4. The Hall–Kier alpha value is -1.43. The van der Waals surface area contributed by atoms with Gasteiger partial charge >= 0.3 is 5.97 Å². The van der Waals surface area contributed by atoms with Gasteiger partial charge in [-0.3, -0.25) is 9.59 Å². The molecule has 0 saturated carbocycles. The van der Waals surface area contributed by atoms with Gasteiger partial charge in [0.1, 0.15) is 0 Å². The molecule has 0 atom stereocenters. The first-order valence-corrected chi connectivity index (χ1v) is 6.85. The van der Waals surface area contributed by atoms with Gasteiger partial charge < -0.3 is 10.4 Å². The van der Waals surface area contributed by atoms with Crippen molar-refractivity contribution >= 4 is 23.2 Å². The fourth-order valence-corrected chi connectivity index (χ4v) is 2.15. The number of aryl methyl sites for hydroxylation is 1. The maximum absolute atomic E-state index is 11.4. The van der Waals surface area contributed by atoms with Crippen molar-refractivity contribution in [3.8, 4) is 0 Å². The monoisotopic (exact) mass is 270 g/mol. The maximum atomic E-state index is 11.4. The Kier molecular flexibility index (Phi) is 6.35. The Morgan fingerprint density at radius 3 is 2.72 bits per heavy atom. The number of unbranched alkanes of at least 4 members (excludes halogenated alkanes) is 1. The van der Waals surface area contributed by atoms with Gasteiger partial charge in [-0.05, 0) is 19.8 Å². The van der Waals surface area contributed by atoms with Crippen LogP contribution in [0.4, 0.5) is 0 Å². The average molecular weight is 270 g/mol. The number of aliphatic carboxylic acids is 1. The van der Waals surface area contributed by atoms with Gasteiger partial charge in [0.25, 0.3) is 0 Å². The molecule has 0 bridgehead atoms. The number of nitrogens with one attached hydrogen (secondary N) is 1. The Balaban J connectivity index is 2.05. The van der Waals surface area contributed by atoms with Crippen LogP contribution in [0.25, 0.3) is 0 Å². The summed E-state index contributed by atoms with van der Waals surface area (Å²) in [6.45, 7) is 2.54. The number of rotatable bonds is 8. The number of aromatic nitrogens is 1. The van der Waals surface area contributed by atoms with Crippen LogP contribution in [0.3, 0.4) is 0 Å². The largest absolute Gasteiger partial charge is 0.481 e. The van der Waals surface area contributed by atoms with E-state index in [1.54, 1.807) is 11.3 Å². The van der Waals surface area contributed by atoms with Crippen LogP contribution < -0.4 is 5.32 Å². The molecule has 2 N–H and O–H groups in total. The van der Waals surface area contributed by atoms with Crippen LogP contribution in [-0.2, 0) is 16.0 Å². The van der Waals surface area contributed by atoms with Gasteiger partial charge in [0, 0.05) is 31.2 Å². The lowest BCUT2D eigenvalue weighted by molar-refractivity contribution is -0.137. The minimum atomic E-state index is -0.811. The number of amides is 1. The first kappa shape index (κ1) is 14.6. The Morgan fingerprint density at radius 1 is 1.39 bits per heavy atom. The zero-order valence-corrected chi connectivity index (χ0v) is 11.3. The molecule has 1 aromatic rings. The van der Waals surface area contributed by atoms with Crippen molar-refractivity contribution in [2.24, 2.45) is 0 Å². The molecule has 0 radical (unpaired) electrons. The highest BCUT2D eigenvalue weighted by molar-refractivity contribution is 7.09. The lowest BCUT2D eigenvalue weighted by Gasteiger charge is -2.03. The second-order valence-electron chi connectivity index (χ2n) is 4.06. The summed E-state index contributed by atoms with van der Waals surface area (Å²) in [5.41, 5.74) is 1.00. The highest BCUT2D eigenvalue weighted by Crippen LogP contribution is 2.07. The smallest absolute Gasteiger partial charge is 0.303 e. The number of carbonyl (C=O) groups is 2. The van der Waals surface area contributed by atoms with Crippen molar-refractivity contribution in [1.82, 2.24) is 10.3 Å². The standard InChI is InChI=1S/C12H18N2O3S/c1-9-14-10(8-18-9)6-7-13-11(15)4-2-3-5-12(16)17/h8H,2-7H2,1H3,(H,13,15)(H,16,17). The second kappa shape index (κ2) is 7.81. The van der Waals surface area contributed by atoms with Crippen LogP contribution >= 0.6 is 11.3 Å². The van der Waals surface area contributed by atoms with E-state index in [9.17, 15) is 9.59 Å². The molecule has 1 rings (SSSR count). The third-order valence-corrected chi connectivity index (χ3v) is 3.24. The van der Waals surface area contributed by atoms with Crippen molar-refractivity contribution in [2.45, 2.75) is 39.0 Å². The molecule has 0 saturated heterocycles. The Labute approximate surface area is 110 Å². The Morgan fingerprint density at radius 2 is 2.11 bits per heavy atom. The van der Waals surface area contributed by atoms with Gasteiger partial charge in [-0.2, -0.15) is 0 Å². The molecule has 0 spiro atoms. The molecule has 0 aromatic carbocycles. The molecule has 0 fully saturated rings. The molecule has 6 heteroatoms. The van der Waals surface area contributed by atoms with Gasteiger partial charge in [-0.15, -0.1) is 11.3 Å². The topological polar surface area (TPSA) is 79.3 Å². The average Bonchev–Trinajstić information content (AvgIpc) is 2.70. The van der Waals surface area contributed by atoms with E-state index in [0.717, 1.165) is 17.1 Å². The third kappa shape index (κ3) is 6.34.